The van der Waals surface area contributed by atoms with Crippen molar-refractivity contribution in [1.82, 2.24) is 5.32 Å². The second-order valence-corrected chi connectivity index (χ2v) is 5.80. The molecule has 1 saturated carbocycles. The summed E-state index contributed by atoms with van der Waals surface area (Å²) < 4.78 is 10.6. The zero-order chi connectivity index (χ0) is 14.8. The highest BCUT2D eigenvalue weighted by Gasteiger charge is 2.45. The monoisotopic (exact) mass is 277 g/mol. The Bertz CT molecular complexity index is 492. The largest absolute Gasteiger partial charge is 0.493 e. The quantitative estimate of drug-likeness (QED) is 0.869. The van der Waals surface area contributed by atoms with Crippen LogP contribution in [0.2, 0.25) is 0 Å². The van der Waals surface area contributed by atoms with Gasteiger partial charge < -0.3 is 14.8 Å². The second kappa shape index (κ2) is 5.73. The van der Waals surface area contributed by atoms with E-state index in [2.05, 4.69) is 19.2 Å². The fourth-order valence-corrected chi connectivity index (χ4v) is 2.43. The highest BCUT2D eigenvalue weighted by atomic mass is 16.5. The molecule has 0 aliphatic heterocycles. The third kappa shape index (κ3) is 3.06. The molecule has 1 aliphatic rings. The van der Waals surface area contributed by atoms with Crippen LogP contribution in [0, 0.1) is 5.92 Å². The molecule has 0 spiro atoms. The van der Waals surface area contributed by atoms with Crippen LogP contribution in [0.4, 0.5) is 0 Å². The fourth-order valence-electron chi connectivity index (χ4n) is 2.43. The molecule has 1 fully saturated rings. The lowest BCUT2D eigenvalue weighted by Gasteiger charge is -2.20. The van der Waals surface area contributed by atoms with Crippen molar-refractivity contribution >= 4 is 5.91 Å². The third-order valence-electron chi connectivity index (χ3n) is 3.66. The highest BCUT2D eigenvalue weighted by Crippen LogP contribution is 2.47. The van der Waals surface area contributed by atoms with Crippen molar-refractivity contribution in [2.24, 2.45) is 5.92 Å². The van der Waals surface area contributed by atoms with Crippen LogP contribution in [0.25, 0.3) is 0 Å². The number of nitrogens with one attached hydrogen (secondary N) is 1. The van der Waals surface area contributed by atoms with Gasteiger partial charge in [-0.3, -0.25) is 4.79 Å². The Labute approximate surface area is 120 Å². The zero-order valence-corrected chi connectivity index (χ0v) is 12.7. The summed E-state index contributed by atoms with van der Waals surface area (Å²) in [6, 6.07) is 5.86. The molecule has 4 nitrogen and oxygen atoms in total. The Kier molecular flexibility index (Phi) is 4.21. The van der Waals surface area contributed by atoms with Crippen LogP contribution >= 0.6 is 0 Å². The number of hydrogen-bond acceptors (Lipinski definition) is 3. The van der Waals surface area contributed by atoms with E-state index in [0.29, 0.717) is 23.8 Å². The number of carbonyl (C=O) groups excluding carboxylic acids is 1. The molecule has 110 valence electrons. The molecular formula is C16H23NO3. The maximum absolute atomic E-state index is 12.0. The summed E-state index contributed by atoms with van der Waals surface area (Å²) in [7, 11) is 3.24. The molecule has 0 heterocycles. The number of methoxy groups -OCH3 is 2. The molecule has 2 rings (SSSR count). The van der Waals surface area contributed by atoms with E-state index in [1.54, 1.807) is 14.2 Å². The summed E-state index contributed by atoms with van der Waals surface area (Å²) in [6.07, 6.45) is 2.52. The predicted octanol–water partition coefficient (Wildman–Crippen LogP) is 2.86. The third-order valence-corrected chi connectivity index (χ3v) is 3.66. The van der Waals surface area contributed by atoms with Crippen LogP contribution < -0.4 is 14.8 Å². The van der Waals surface area contributed by atoms with Crippen molar-refractivity contribution in [2.45, 2.75) is 38.6 Å². The smallest absolute Gasteiger partial charge is 0.220 e. The fraction of sp³-hybridized carbons (Fsp3) is 0.562. The first-order chi connectivity index (χ1) is 9.50. The average molecular weight is 277 g/mol. The molecule has 20 heavy (non-hydrogen) atoms. The minimum absolute atomic E-state index is 0.118. The van der Waals surface area contributed by atoms with Gasteiger partial charge in [0.05, 0.1) is 19.8 Å². The standard InChI is InChI=1S/C16H23NO3/c1-11(2)9-15(18)17-16(7-8-16)12-5-6-13(19-3)14(10-12)20-4/h5-6,10-11H,7-9H2,1-4H3,(H,17,18). The van der Waals surface area contributed by atoms with E-state index in [-0.39, 0.29) is 11.4 Å². The Morgan fingerprint density at radius 2 is 1.90 bits per heavy atom. The van der Waals surface area contributed by atoms with Crippen molar-refractivity contribution in [1.29, 1.82) is 0 Å². The van der Waals surface area contributed by atoms with Gasteiger partial charge in [-0.15, -0.1) is 0 Å². The van der Waals surface area contributed by atoms with E-state index in [1.165, 1.54) is 0 Å². The SMILES string of the molecule is COc1ccc(C2(NC(=O)CC(C)C)CC2)cc1OC. The van der Waals surface area contributed by atoms with Crippen molar-refractivity contribution < 1.29 is 14.3 Å². The van der Waals surface area contributed by atoms with Crippen LogP contribution in [0.3, 0.4) is 0 Å². The molecule has 1 aliphatic carbocycles. The van der Waals surface area contributed by atoms with E-state index in [4.69, 9.17) is 9.47 Å². The molecule has 1 aromatic rings. The maximum Gasteiger partial charge on any atom is 0.220 e. The first-order valence-corrected chi connectivity index (χ1v) is 7.04. The number of hydrogen-bond donors (Lipinski definition) is 1. The molecule has 1 N–H and O–H groups in total. The molecule has 0 saturated heterocycles. The molecule has 0 aromatic heterocycles. The molecule has 0 radical (unpaired) electrons. The Hall–Kier alpha value is -1.71. The number of rotatable bonds is 6. The second-order valence-electron chi connectivity index (χ2n) is 5.80. The van der Waals surface area contributed by atoms with E-state index in [9.17, 15) is 4.79 Å². The summed E-state index contributed by atoms with van der Waals surface area (Å²) in [5.74, 6) is 1.90. The maximum atomic E-state index is 12.0. The van der Waals surface area contributed by atoms with Gasteiger partial charge in [-0.05, 0) is 36.5 Å². The zero-order valence-electron chi connectivity index (χ0n) is 12.7. The van der Waals surface area contributed by atoms with Crippen LogP contribution in [-0.2, 0) is 10.3 Å². The van der Waals surface area contributed by atoms with Gasteiger partial charge in [-0.1, -0.05) is 19.9 Å². The molecule has 0 unspecified atom stereocenters. The van der Waals surface area contributed by atoms with Gasteiger partial charge in [0.25, 0.3) is 0 Å². The lowest BCUT2D eigenvalue weighted by atomic mass is 10.0. The lowest BCUT2D eigenvalue weighted by Crippen LogP contribution is -2.35. The number of amides is 1. The summed E-state index contributed by atoms with van der Waals surface area (Å²) in [5, 5.41) is 3.17. The average Bonchev–Trinajstić information content (AvgIpc) is 3.17. The van der Waals surface area contributed by atoms with Crippen LogP contribution in [0.1, 0.15) is 38.7 Å². The van der Waals surface area contributed by atoms with Crippen molar-refractivity contribution in [2.75, 3.05) is 14.2 Å². The number of ether oxygens (including phenoxy) is 2. The summed E-state index contributed by atoms with van der Waals surface area (Å²) in [5.41, 5.74) is 0.887. The van der Waals surface area contributed by atoms with Gasteiger partial charge in [0.2, 0.25) is 5.91 Å². The van der Waals surface area contributed by atoms with E-state index < -0.39 is 0 Å². The normalized spacial score (nSPS) is 15.8. The van der Waals surface area contributed by atoms with Crippen molar-refractivity contribution in [3.63, 3.8) is 0 Å². The van der Waals surface area contributed by atoms with Crippen LogP contribution in [-0.4, -0.2) is 20.1 Å². The Morgan fingerprint density at radius 1 is 1.25 bits per heavy atom. The minimum Gasteiger partial charge on any atom is -0.493 e. The molecule has 1 amide bonds. The minimum atomic E-state index is -0.203. The Balaban J connectivity index is 2.16. The molecule has 4 heteroatoms. The highest BCUT2D eigenvalue weighted by molar-refractivity contribution is 5.77. The van der Waals surface area contributed by atoms with Gasteiger partial charge in [0.1, 0.15) is 0 Å². The first kappa shape index (κ1) is 14.7. The van der Waals surface area contributed by atoms with E-state index in [1.807, 2.05) is 18.2 Å². The van der Waals surface area contributed by atoms with Crippen LogP contribution in [0.15, 0.2) is 18.2 Å². The van der Waals surface area contributed by atoms with Gasteiger partial charge >= 0.3 is 0 Å². The molecule has 1 aromatic carbocycles. The van der Waals surface area contributed by atoms with Gasteiger partial charge in [0.15, 0.2) is 11.5 Å². The van der Waals surface area contributed by atoms with Gasteiger partial charge in [0, 0.05) is 6.42 Å². The first-order valence-electron chi connectivity index (χ1n) is 7.04. The topological polar surface area (TPSA) is 47.6 Å². The van der Waals surface area contributed by atoms with E-state index in [0.717, 1.165) is 18.4 Å². The van der Waals surface area contributed by atoms with Crippen molar-refractivity contribution in [3.05, 3.63) is 23.8 Å². The van der Waals surface area contributed by atoms with Crippen LogP contribution in [0.5, 0.6) is 11.5 Å². The Morgan fingerprint density at radius 3 is 2.40 bits per heavy atom. The van der Waals surface area contributed by atoms with Crippen molar-refractivity contribution in [3.8, 4) is 11.5 Å². The molecular weight excluding hydrogens is 254 g/mol. The molecule has 0 bridgehead atoms. The summed E-state index contributed by atoms with van der Waals surface area (Å²) in [6.45, 7) is 4.10. The summed E-state index contributed by atoms with van der Waals surface area (Å²) in [4.78, 5) is 12.0. The molecule has 0 atom stereocenters. The predicted molar refractivity (Wildman–Crippen MR) is 78.1 cm³/mol. The van der Waals surface area contributed by atoms with Gasteiger partial charge in [-0.2, -0.15) is 0 Å². The number of benzene rings is 1. The summed E-state index contributed by atoms with van der Waals surface area (Å²) >= 11 is 0. The number of carbonyl (C=O) groups is 1. The lowest BCUT2D eigenvalue weighted by molar-refractivity contribution is -0.122. The van der Waals surface area contributed by atoms with E-state index >= 15 is 0 Å². The van der Waals surface area contributed by atoms with Gasteiger partial charge in [-0.25, -0.2) is 0 Å².